The summed E-state index contributed by atoms with van der Waals surface area (Å²) < 4.78 is 1.83. The topological polar surface area (TPSA) is 67.7 Å². The molecule has 6 heteroatoms. The van der Waals surface area contributed by atoms with Crippen LogP contribution in [0.25, 0.3) is 16.7 Å². The molecule has 0 amide bonds. The lowest BCUT2D eigenvalue weighted by Gasteiger charge is -2.28. The van der Waals surface area contributed by atoms with Crippen molar-refractivity contribution in [2.75, 3.05) is 18.4 Å². The molecule has 4 rings (SSSR count). The Bertz CT molecular complexity index is 732. The lowest BCUT2D eigenvalue weighted by Crippen LogP contribution is -2.51. The zero-order valence-electron chi connectivity index (χ0n) is 10.8. The molecule has 100 valence electrons. The predicted octanol–water partition coefficient (Wildman–Crippen LogP) is 1.20. The molecule has 1 aliphatic rings. The van der Waals surface area contributed by atoms with E-state index in [-0.39, 0.29) is 0 Å². The van der Waals surface area contributed by atoms with Crippen LogP contribution < -0.4 is 10.6 Å². The molecule has 1 fully saturated rings. The van der Waals surface area contributed by atoms with Crippen molar-refractivity contribution in [2.24, 2.45) is 0 Å². The number of aromatic nitrogens is 4. The summed E-state index contributed by atoms with van der Waals surface area (Å²) in [4.78, 5) is 8.70. The van der Waals surface area contributed by atoms with E-state index in [2.05, 4.69) is 25.7 Å². The van der Waals surface area contributed by atoms with Crippen LogP contribution in [-0.2, 0) is 0 Å². The van der Waals surface area contributed by atoms with E-state index < -0.39 is 0 Å². The van der Waals surface area contributed by atoms with Gasteiger partial charge in [0, 0.05) is 13.1 Å². The molecule has 20 heavy (non-hydrogen) atoms. The Labute approximate surface area is 115 Å². The van der Waals surface area contributed by atoms with Crippen molar-refractivity contribution in [3.8, 4) is 5.69 Å². The fourth-order valence-electron chi connectivity index (χ4n) is 2.30. The van der Waals surface area contributed by atoms with Crippen LogP contribution >= 0.6 is 0 Å². The van der Waals surface area contributed by atoms with Crippen LogP contribution in [-0.4, -0.2) is 38.9 Å². The van der Waals surface area contributed by atoms with Crippen LogP contribution in [0.2, 0.25) is 0 Å². The number of anilines is 1. The average molecular weight is 266 g/mol. The number of rotatable bonds is 3. The highest BCUT2D eigenvalue weighted by atomic mass is 15.3. The van der Waals surface area contributed by atoms with E-state index in [1.807, 2.05) is 41.2 Å². The van der Waals surface area contributed by atoms with Gasteiger partial charge in [-0.15, -0.1) is 0 Å². The molecule has 1 aromatic carbocycles. The first-order valence-electron chi connectivity index (χ1n) is 6.63. The smallest absolute Gasteiger partial charge is 0.168 e. The molecule has 2 aromatic heterocycles. The maximum absolute atomic E-state index is 4.44. The van der Waals surface area contributed by atoms with Gasteiger partial charge < -0.3 is 10.6 Å². The lowest BCUT2D eigenvalue weighted by atomic mass is 10.2. The summed E-state index contributed by atoms with van der Waals surface area (Å²) >= 11 is 0. The van der Waals surface area contributed by atoms with Gasteiger partial charge in [-0.05, 0) is 12.1 Å². The van der Waals surface area contributed by atoms with Crippen LogP contribution in [0.4, 0.5) is 5.82 Å². The highest BCUT2D eigenvalue weighted by molar-refractivity contribution is 5.87. The van der Waals surface area contributed by atoms with Crippen molar-refractivity contribution in [2.45, 2.75) is 6.04 Å². The molecule has 0 atom stereocenters. The Morgan fingerprint density at radius 3 is 2.75 bits per heavy atom. The van der Waals surface area contributed by atoms with Gasteiger partial charge in [-0.2, -0.15) is 5.10 Å². The molecule has 0 radical (unpaired) electrons. The van der Waals surface area contributed by atoms with Crippen LogP contribution in [0.5, 0.6) is 0 Å². The van der Waals surface area contributed by atoms with Gasteiger partial charge >= 0.3 is 0 Å². The Balaban J connectivity index is 1.79. The number of fused-ring (bicyclic) bond motifs is 1. The highest BCUT2D eigenvalue weighted by Gasteiger charge is 2.19. The van der Waals surface area contributed by atoms with Crippen molar-refractivity contribution >= 4 is 16.9 Å². The summed E-state index contributed by atoms with van der Waals surface area (Å²) in [6, 6.07) is 10.4. The van der Waals surface area contributed by atoms with E-state index in [0.29, 0.717) is 6.04 Å². The maximum atomic E-state index is 4.44. The first-order chi connectivity index (χ1) is 9.92. The molecule has 0 saturated carbocycles. The molecule has 0 spiro atoms. The Kier molecular flexibility index (Phi) is 2.60. The second-order valence-corrected chi connectivity index (χ2v) is 4.85. The minimum absolute atomic E-state index is 0.438. The molecule has 1 saturated heterocycles. The third kappa shape index (κ3) is 1.81. The van der Waals surface area contributed by atoms with Gasteiger partial charge in [-0.3, -0.25) is 0 Å². The third-order valence-electron chi connectivity index (χ3n) is 3.49. The predicted molar refractivity (Wildman–Crippen MR) is 76.9 cm³/mol. The average Bonchev–Trinajstić information content (AvgIpc) is 2.88. The van der Waals surface area contributed by atoms with Gasteiger partial charge in [-0.1, -0.05) is 18.2 Å². The third-order valence-corrected chi connectivity index (χ3v) is 3.49. The molecular formula is C14H14N6. The van der Waals surface area contributed by atoms with E-state index in [0.717, 1.165) is 35.6 Å². The van der Waals surface area contributed by atoms with Gasteiger partial charge in [-0.25, -0.2) is 14.6 Å². The number of benzene rings is 1. The monoisotopic (exact) mass is 266 g/mol. The number of para-hydroxylation sites is 1. The molecular weight excluding hydrogens is 252 g/mol. The van der Waals surface area contributed by atoms with Crippen LogP contribution in [0.3, 0.4) is 0 Å². The SMILES string of the molecule is c1ccc(-n2ncc3c(NC4CNC4)ncnc32)cc1. The van der Waals surface area contributed by atoms with Gasteiger partial charge in [0.05, 0.1) is 23.3 Å². The number of hydrogen-bond acceptors (Lipinski definition) is 5. The Morgan fingerprint density at radius 1 is 1.15 bits per heavy atom. The van der Waals surface area contributed by atoms with E-state index >= 15 is 0 Å². The van der Waals surface area contributed by atoms with Crippen molar-refractivity contribution in [3.05, 3.63) is 42.9 Å². The van der Waals surface area contributed by atoms with E-state index in [1.165, 1.54) is 0 Å². The molecule has 3 aromatic rings. The maximum Gasteiger partial charge on any atom is 0.168 e. The normalized spacial score (nSPS) is 15.2. The number of nitrogens with zero attached hydrogens (tertiary/aromatic N) is 4. The number of hydrogen-bond donors (Lipinski definition) is 2. The zero-order valence-corrected chi connectivity index (χ0v) is 10.8. The summed E-state index contributed by atoms with van der Waals surface area (Å²) in [6.07, 6.45) is 3.40. The summed E-state index contributed by atoms with van der Waals surface area (Å²) in [5.74, 6) is 0.851. The fourth-order valence-corrected chi connectivity index (χ4v) is 2.30. The number of nitrogens with one attached hydrogen (secondary N) is 2. The Morgan fingerprint density at radius 2 is 2.00 bits per heavy atom. The molecule has 2 N–H and O–H groups in total. The quantitative estimate of drug-likeness (QED) is 0.745. The van der Waals surface area contributed by atoms with Crippen molar-refractivity contribution in [3.63, 3.8) is 0 Å². The standard InChI is InChI=1S/C14H14N6/c1-2-4-11(5-3-1)20-14-12(8-18-20)13(16-9-17-14)19-10-6-15-7-10/h1-5,8-10,15H,6-7H2,(H,16,17,19). The molecule has 3 heterocycles. The molecule has 0 unspecified atom stereocenters. The molecule has 0 bridgehead atoms. The second-order valence-electron chi connectivity index (χ2n) is 4.85. The van der Waals surface area contributed by atoms with Crippen molar-refractivity contribution in [1.82, 2.24) is 25.1 Å². The van der Waals surface area contributed by atoms with Gasteiger partial charge in [0.1, 0.15) is 12.1 Å². The lowest BCUT2D eigenvalue weighted by molar-refractivity contribution is 0.471. The van der Waals surface area contributed by atoms with Crippen molar-refractivity contribution < 1.29 is 0 Å². The van der Waals surface area contributed by atoms with Crippen LogP contribution in [0.15, 0.2) is 42.9 Å². The minimum atomic E-state index is 0.438. The zero-order chi connectivity index (χ0) is 13.4. The summed E-state index contributed by atoms with van der Waals surface area (Å²) in [6.45, 7) is 1.94. The van der Waals surface area contributed by atoms with E-state index in [4.69, 9.17) is 0 Å². The summed E-state index contributed by atoms with van der Waals surface area (Å²) in [7, 11) is 0. The molecule has 1 aliphatic heterocycles. The summed E-state index contributed by atoms with van der Waals surface area (Å²) in [5, 5.41) is 12.0. The Hall–Kier alpha value is -2.47. The first kappa shape index (κ1) is 11.4. The van der Waals surface area contributed by atoms with E-state index in [9.17, 15) is 0 Å². The minimum Gasteiger partial charge on any atom is -0.364 e. The van der Waals surface area contributed by atoms with E-state index in [1.54, 1.807) is 6.33 Å². The molecule has 6 nitrogen and oxygen atoms in total. The van der Waals surface area contributed by atoms with Crippen LogP contribution in [0, 0.1) is 0 Å². The molecule has 0 aliphatic carbocycles. The largest absolute Gasteiger partial charge is 0.364 e. The fraction of sp³-hybridized carbons (Fsp3) is 0.214. The van der Waals surface area contributed by atoms with Crippen molar-refractivity contribution in [1.29, 1.82) is 0 Å². The van der Waals surface area contributed by atoms with Gasteiger partial charge in [0.25, 0.3) is 0 Å². The second kappa shape index (κ2) is 4.57. The highest BCUT2D eigenvalue weighted by Crippen LogP contribution is 2.22. The van der Waals surface area contributed by atoms with Gasteiger partial charge in [0.15, 0.2) is 5.65 Å². The van der Waals surface area contributed by atoms with Gasteiger partial charge in [0.2, 0.25) is 0 Å². The van der Waals surface area contributed by atoms with Crippen LogP contribution in [0.1, 0.15) is 0 Å². The summed E-state index contributed by atoms with van der Waals surface area (Å²) in [5.41, 5.74) is 1.82. The first-order valence-corrected chi connectivity index (χ1v) is 6.63.